The largest absolute Gasteiger partial charge is 0.352 e. The number of para-hydroxylation sites is 2. The van der Waals surface area contributed by atoms with Crippen molar-refractivity contribution in [2.45, 2.75) is 23.5 Å². The van der Waals surface area contributed by atoms with E-state index >= 15 is 0 Å². The molecule has 0 aliphatic carbocycles. The van der Waals surface area contributed by atoms with Crippen LogP contribution in [0.4, 0.5) is 0 Å². The highest BCUT2D eigenvalue weighted by molar-refractivity contribution is 7.98. The Balaban J connectivity index is 1.30. The zero-order chi connectivity index (χ0) is 19.2. The molecule has 0 saturated carbocycles. The van der Waals surface area contributed by atoms with Gasteiger partial charge in [-0.1, -0.05) is 24.3 Å². The standard InChI is InChI=1S/C21H20N4OS2/c26-21(16-6-1-4-9-19(16)28-13-15-12-27-14-23-15)22-11-5-10-20-24-17-7-2-3-8-18(17)25-20/h1-4,6-9,12,14H,5,10-11,13H2,(H,22,26)(H,24,25). The number of amides is 1. The van der Waals surface area contributed by atoms with Crippen molar-refractivity contribution >= 4 is 40.0 Å². The van der Waals surface area contributed by atoms with Crippen LogP contribution < -0.4 is 5.32 Å². The molecule has 0 unspecified atom stereocenters. The van der Waals surface area contributed by atoms with Gasteiger partial charge in [-0.2, -0.15) is 0 Å². The number of nitrogens with zero attached hydrogens (tertiary/aromatic N) is 2. The summed E-state index contributed by atoms with van der Waals surface area (Å²) in [5.74, 6) is 1.68. The van der Waals surface area contributed by atoms with Crippen LogP contribution in [0.5, 0.6) is 0 Å². The summed E-state index contributed by atoms with van der Waals surface area (Å²) < 4.78 is 0. The molecule has 0 spiro atoms. The molecule has 28 heavy (non-hydrogen) atoms. The van der Waals surface area contributed by atoms with Gasteiger partial charge in [0.2, 0.25) is 0 Å². The summed E-state index contributed by atoms with van der Waals surface area (Å²) >= 11 is 3.23. The number of nitrogens with one attached hydrogen (secondary N) is 2. The number of benzene rings is 2. The van der Waals surface area contributed by atoms with Gasteiger partial charge in [-0.25, -0.2) is 9.97 Å². The fourth-order valence-corrected chi connectivity index (χ4v) is 4.53. The third-order valence-corrected chi connectivity index (χ3v) is 6.05. The van der Waals surface area contributed by atoms with Crippen molar-refractivity contribution in [1.82, 2.24) is 20.3 Å². The van der Waals surface area contributed by atoms with Crippen LogP contribution in [0.15, 0.2) is 64.3 Å². The Morgan fingerprint density at radius 2 is 2.00 bits per heavy atom. The molecule has 0 aliphatic heterocycles. The Kier molecular flexibility index (Phi) is 6.04. The van der Waals surface area contributed by atoms with Gasteiger partial charge in [0, 0.05) is 29.0 Å². The number of fused-ring (bicyclic) bond motifs is 1. The quantitative estimate of drug-likeness (QED) is 0.328. The van der Waals surface area contributed by atoms with Crippen LogP contribution in [-0.2, 0) is 12.2 Å². The number of rotatable bonds is 8. The van der Waals surface area contributed by atoms with Gasteiger partial charge in [0.1, 0.15) is 5.82 Å². The Morgan fingerprint density at radius 3 is 2.86 bits per heavy atom. The lowest BCUT2D eigenvalue weighted by atomic mass is 10.2. The number of carbonyl (C=O) groups excluding carboxylic acids is 1. The number of imidazole rings is 1. The molecule has 2 heterocycles. The van der Waals surface area contributed by atoms with E-state index in [4.69, 9.17) is 0 Å². The number of hydrogen-bond donors (Lipinski definition) is 2. The van der Waals surface area contributed by atoms with Gasteiger partial charge in [0.05, 0.1) is 27.8 Å². The number of carbonyl (C=O) groups is 1. The molecule has 2 aromatic heterocycles. The van der Waals surface area contributed by atoms with Crippen molar-refractivity contribution in [1.29, 1.82) is 0 Å². The number of hydrogen-bond acceptors (Lipinski definition) is 5. The number of aromatic nitrogens is 3. The third-order valence-electron chi connectivity index (χ3n) is 4.31. The van der Waals surface area contributed by atoms with Crippen molar-refractivity contribution in [3.63, 3.8) is 0 Å². The molecule has 0 aliphatic rings. The molecule has 0 atom stereocenters. The molecule has 4 rings (SSSR count). The van der Waals surface area contributed by atoms with Crippen molar-refractivity contribution in [3.8, 4) is 0 Å². The van der Waals surface area contributed by atoms with Crippen molar-refractivity contribution in [2.24, 2.45) is 0 Å². The van der Waals surface area contributed by atoms with E-state index < -0.39 is 0 Å². The van der Waals surface area contributed by atoms with Crippen LogP contribution in [0, 0.1) is 0 Å². The highest BCUT2D eigenvalue weighted by Gasteiger charge is 2.11. The lowest BCUT2D eigenvalue weighted by Crippen LogP contribution is -2.25. The summed E-state index contributed by atoms with van der Waals surface area (Å²) in [5, 5.41) is 5.06. The molecule has 0 bridgehead atoms. The molecular weight excluding hydrogens is 388 g/mol. The predicted molar refractivity (Wildman–Crippen MR) is 115 cm³/mol. The van der Waals surface area contributed by atoms with Crippen molar-refractivity contribution < 1.29 is 4.79 Å². The normalized spacial score (nSPS) is 11.0. The van der Waals surface area contributed by atoms with Crippen molar-refractivity contribution in [3.05, 3.63) is 76.5 Å². The minimum absolute atomic E-state index is 0.0361. The minimum Gasteiger partial charge on any atom is -0.352 e. The van der Waals surface area contributed by atoms with Gasteiger partial charge in [-0.3, -0.25) is 4.79 Å². The second kappa shape index (κ2) is 9.03. The van der Waals surface area contributed by atoms with Gasteiger partial charge in [-0.15, -0.1) is 23.1 Å². The monoisotopic (exact) mass is 408 g/mol. The minimum atomic E-state index is -0.0361. The average Bonchev–Trinajstić information content (AvgIpc) is 3.39. The van der Waals surface area contributed by atoms with Crippen LogP contribution in [0.2, 0.25) is 0 Å². The summed E-state index contributed by atoms with van der Waals surface area (Å²) in [6, 6.07) is 15.7. The van der Waals surface area contributed by atoms with Gasteiger partial charge >= 0.3 is 0 Å². The Hall–Kier alpha value is -2.64. The third kappa shape index (κ3) is 4.61. The zero-order valence-corrected chi connectivity index (χ0v) is 16.9. The molecule has 5 nitrogen and oxygen atoms in total. The first-order valence-corrected chi connectivity index (χ1v) is 11.0. The van der Waals surface area contributed by atoms with Gasteiger partial charge in [-0.05, 0) is 30.7 Å². The highest BCUT2D eigenvalue weighted by atomic mass is 32.2. The first kappa shape index (κ1) is 18.7. The first-order valence-electron chi connectivity index (χ1n) is 9.10. The molecular formula is C21H20N4OS2. The summed E-state index contributed by atoms with van der Waals surface area (Å²) in [4.78, 5) is 25.8. The zero-order valence-electron chi connectivity index (χ0n) is 15.2. The van der Waals surface area contributed by atoms with Crippen LogP contribution >= 0.6 is 23.1 Å². The molecule has 142 valence electrons. The van der Waals surface area contributed by atoms with Crippen LogP contribution in [0.25, 0.3) is 11.0 Å². The SMILES string of the molecule is O=C(NCCCc1nc2ccccc2[nH]1)c1ccccc1SCc1cscn1. The fraction of sp³-hybridized carbons (Fsp3) is 0.190. The molecule has 2 aromatic carbocycles. The number of aryl methyl sites for hydroxylation is 1. The number of H-pyrrole nitrogens is 1. The maximum Gasteiger partial charge on any atom is 0.252 e. The molecule has 4 aromatic rings. The van der Waals surface area contributed by atoms with E-state index in [-0.39, 0.29) is 5.91 Å². The predicted octanol–water partition coefficient (Wildman–Crippen LogP) is 4.67. The Bertz CT molecular complexity index is 1030. The summed E-state index contributed by atoms with van der Waals surface area (Å²) in [7, 11) is 0. The van der Waals surface area contributed by atoms with Crippen LogP contribution in [0.1, 0.15) is 28.3 Å². The van der Waals surface area contributed by atoms with E-state index in [2.05, 4.69) is 20.3 Å². The lowest BCUT2D eigenvalue weighted by Gasteiger charge is -2.09. The van der Waals surface area contributed by atoms with Gasteiger partial charge in [0.15, 0.2) is 0 Å². The number of thiazole rings is 1. The second-order valence-electron chi connectivity index (χ2n) is 6.32. The van der Waals surface area contributed by atoms with Gasteiger partial charge in [0.25, 0.3) is 5.91 Å². The number of aromatic amines is 1. The van der Waals surface area contributed by atoms with E-state index in [0.717, 1.165) is 46.0 Å². The Labute approximate surface area is 171 Å². The van der Waals surface area contributed by atoms with E-state index in [1.165, 1.54) is 0 Å². The van der Waals surface area contributed by atoms with Gasteiger partial charge < -0.3 is 10.3 Å². The van der Waals surface area contributed by atoms with Crippen LogP contribution in [-0.4, -0.2) is 27.4 Å². The summed E-state index contributed by atoms with van der Waals surface area (Å²) in [6.07, 6.45) is 1.63. The van der Waals surface area contributed by atoms with E-state index in [1.807, 2.05) is 59.4 Å². The number of thioether (sulfide) groups is 1. The first-order chi connectivity index (χ1) is 13.8. The molecule has 0 saturated heterocycles. The van der Waals surface area contributed by atoms with Crippen LogP contribution in [0.3, 0.4) is 0 Å². The van der Waals surface area contributed by atoms with E-state index in [1.54, 1.807) is 23.1 Å². The highest BCUT2D eigenvalue weighted by Crippen LogP contribution is 2.26. The molecule has 1 amide bonds. The molecule has 7 heteroatoms. The Morgan fingerprint density at radius 1 is 1.14 bits per heavy atom. The summed E-state index contributed by atoms with van der Waals surface area (Å²) in [6.45, 7) is 0.612. The lowest BCUT2D eigenvalue weighted by molar-refractivity contribution is 0.0950. The van der Waals surface area contributed by atoms with Crippen molar-refractivity contribution in [2.75, 3.05) is 6.54 Å². The molecule has 0 fully saturated rings. The summed E-state index contributed by atoms with van der Waals surface area (Å²) in [5.41, 5.74) is 5.61. The topological polar surface area (TPSA) is 70.7 Å². The average molecular weight is 409 g/mol. The second-order valence-corrected chi connectivity index (χ2v) is 8.06. The molecule has 0 radical (unpaired) electrons. The molecule has 2 N–H and O–H groups in total. The maximum atomic E-state index is 12.6. The van der Waals surface area contributed by atoms with E-state index in [9.17, 15) is 4.79 Å². The smallest absolute Gasteiger partial charge is 0.252 e. The van der Waals surface area contributed by atoms with E-state index in [0.29, 0.717) is 12.1 Å². The fourth-order valence-electron chi connectivity index (χ4n) is 2.92. The maximum absolute atomic E-state index is 12.6.